The van der Waals surface area contributed by atoms with E-state index in [1.807, 2.05) is 84.9 Å². The predicted molar refractivity (Wildman–Crippen MR) is 114 cm³/mol. The van der Waals surface area contributed by atoms with Gasteiger partial charge in [-0.1, -0.05) is 60.7 Å². The zero-order chi connectivity index (χ0) is 20.1. The third-order valence-corrected chi connectivity index (χ3v) is 4.57. The minimum absolute atomic E-state index is 0.201. The van der Waals surface area contributed by atoms with Crippen LogP contribution in [0.2, 0.25) is 0 Å². The lowest BCUT2D eigenvalue weighted by Crippen LogP contribution is -2.12. The van der Waals surface area contributed by atoms with Gasteiger partial charge in [0.2, 0.25) is 0 Å². The molecule has 0 atom stereocenters. The molecule has 0 saturated carbocycles. The van der Waals surface area contributed by atoms with Gasteiger partial charge in [-0.05, 0) is 29.8 Å². The zero-order valence-electron chi connectivity index (χ0n) is 16.1. The summed E-state index contributed by atoms with van der Waals surface area (Å²) in [5.74, 6) is 0.517. The van der Waals surface area contributed by atoms with Gasteiger partial charge >= 0.3 is 0 Å². The van der Waals surface area contributed by atoms with Gasteiger partial charge in [0, 0.05) is 17.4 Å². The number of methoxy groups -OCH3 is 1. The Morgan fingerprint density at radius 3 is 2.41 bits per heavy atom. The number of benzene rings is 3. The molecule has 1 N–H and O–H groups in total. The van der Waals surface area contributed by atoms with Crippen LogP contribution in [0.4, 0.5) is 5.69 Å². The summed E-state index contributed by atoms with van der Waals surface area (Å²) in [5, 5.41) is 7.66. The van der Waals surface area contributed by atoms with E-state index in [0.717, 1.165) is 22.6 Å². The van der Waals surface area contributed by atoms with Gasteiger partial charge in [-0.2, -0.15) is 5.10 Å². The van der Waals surface area contributed by atoms with Crippen LogP contribution in [-0.4, -0.2) is 22.8 Å². The van der Waals surface area contributed by atoms with Gasteiger partial charge in [0.05, 0.1) is 19.2 Å². The SMILES string of the molecule is COc1cccc(-c2nn(Cc3ccccc3)cc2C(=O)Nc2ccccc2)c1. The van der Waals surface area contributed by atoms with E-state index in [2.05, 4.69) is 5.32 Å². The minimum Gasteiger partial charge on any atom is -0.497 e. The number of nitrogens with one attached hydrogen (secondary N) is 1. The number of para-hydroxylation sites is 1. The van der Waals surface area contributed by atoms with Crippen molar-refractivity contribution < 1.29 is 9.53 Å². The van der Waals surface area contributed by atoms with Crippen molar-refractivity contribution in [2.75, 3.05) is 12.4 Å². The van der Waals surface area contributed by atoms with Crippen LogP contribution in [0.3, 0.4) is 0 Å². The Labute approximate surface area is 169 Å². The molecule has 0 aliphatic carbocycles. The summed E-state index contributed by atoms with van der Waals surface area (Å²) >= 11 is 0. The molecule has 5 nitrogen and oxygen atoms in total. The summed E-state index contributed by atoms with van der Waals surface area (Å²) in [7, 11) is 1.62. The highest BCUT2D eigenvalue weighted by Crippen LogP contribution is 2.27. The van der Waals surface area contributed by atoms with Crippen molar-refractivity contribution in [1.82, 2.24) is 9.78 Å². The summed E-state index contributed by atoms with van der Waals surface area (Å²) < 4.78 is 7.14. The molecule has 1 heterocycles. The van der Waals surface area contributed by atoms with Gasteiger partial charge < -0.3 is 10.1 Å². The van der Waals surface area contributed by atoms with Crippen molar-refractivity contribution >= 4 is 11.6 Å². The van der Waals surface area contributed by atoms with Crippen molar-refractivity contribution in [3.63, 3.8) is 0 Å². The van der Waals surface area contributed by atoms with Crippen molar-refractivity contribution in [2.45, 2.75) is 6.54 Å². The van der Waals surface area contributed by atoms with E-state index in [0.29, 0.717) is 17.8 Å². The molecular formula is C24H21N3O2. The van der Waals surface area contributed by atoms with E-state index in [1.165, 1.54) is 0 Å². The quantitative estimate of drug-likeness (QED) is 0.517. The van der Waals surface area contributed by atoms with Gasteiger partial charge in [0.25, 0.3) is 5.91 Å². The summed E-state index contributed by atoms with van der Waals surface area (Å²) in [5.41, 5.74) is 3.81. The van der Waals surface area contributed by atoms with Gasteiger partial charge in [0.1, 0.15) is 11.4 Å². The lowest BCUT2D eigenvalue weighted by Gasteiger charge is -2.06. The first kappa shape index (κ1) is 18.5. The normalized spacial score (nSPS) is 10.5. The van der Waals surface area contributed by atoms with E-state index < -0.39 is 0 Å². The second kappa shape index (κ2) is 8.44. The molecule has 4 rings (SSSR count). The average Bonchev–Trinajstić information content (AvgIpc) is 3.19. The molecule has 1 aromatic heterocycles. The maximum absolute atomic E-state index is 13.0. The third-order valence-electron chi connectivity index (χ3n) is 4.57. The highest BCUT2D eigenvalue weighted by molar-refractivity contribution is 6.08. The highest BCUT2D eigenvalue weighted by atomic mass is 16.5. The number of hydrogen-bond acceptors (Lipinski definition) is 3. The topological polar surface area (TPSA) is 56.2 Å². The van der Waals surface area contributed by atoms with Crippen LogP contribution in [0, 0.1) is 0 Å². The first-order valence-electron chi connectivity index (χ1n) is 9.35. The van der Waals surface area contributed by atoms with Gasteiger partial charge in [-0.25, -0.2) is 0 Å². The number of ether oxygens (including phenoxy) is 1. The average molecular weight is 383 g/mol. The van der Waals surface area contributed by atoms with Crippen LogP contribution < -0.4 is 10.1 Å². The Bertz CT molecular complexity index is 1110. The molecule has 0 saturated heterocycles. The Morgan fingerprint density at radius 2 is 1.69 bits per heavy atom. The monoisotopic (exact) mass is 383 g/mol. The Morgan fingerprint density at radius 1 is 0.966 bits per heavy atom. The van der Waals surface area contributed by atoms with Crippen molar-refractivity contribution in [2.24, 2.45) is 0 Å². The summed E-state index contributed by atoms with van der Waals surface area (Å²) in [4.78, 5) is 13.0. The number of anilines is 1. The van der Waals surface area contributed by atoms with Gasteiger partial charge in [-0.15, -0.1) is 0 Å². The molecule has 0 unspecified atom stereocenters. The lowest BCUT2D eigenvalue weighted by molar-refractivity contribution is 0.102. The summed E-state index contributed by atoms with van der Waals surface area (Å²) in [6.45, 7) is 0.580. The van der Waals surface area contributed by atoms with Crippen molar-refractivity contribution in [3.05, 3.63) is 102 Å². The maximum Gasteiger partial charge on any atom is 0.259 e. The van der Waals surface area contributed by atoms with E-state index >= 15 is 0 Å². The first-order chi connectivity index (χ1) is 14.2. The number of rotatable bonds is 6. The fourth-order valence-electron chi connectivity index (χ4n) is 3.14. The molecule has 0 fully saturated rings. The Balaban J connectivity index is 1.71. The number of nitrogens with zero attached hydrogens (tertiary/aromatic N) is 2. The Kier molecular flexibility index (Phi) is 5.38. The van der Waals surface area contributed by atoms with E-state index in [4.69, 9.17) is 9.84 Å². The molecule has 29 heavy (non-hydrogen) atoms. The molecule has 144 valence electrons. The molecule has 4 aromatic rings. The summed E-state index contributed by atoms with van der Waals surface area (Å²) in [6, 6.07) is 27.0. The summed E-state index contributed by atoms with van der Waals surface area (Å²) in [6.07, 6.45) is 1.79. The molecule has 3 aromatic carbocycles. The van der Waals surface area contributed by atoms with E-state index in [-0.39, 0.29) is 5.91 Å². The molecule has 0 bridgehead atoms. The largest absolute Gasteiger partial charge is 0.497 e. The fraction of sp³-hybridized carbons (Fsp3) is 0.0833. The van der Waals surface area contributed by atoms with Crippen molar-refractivity contribution in [3.8, 4) is 17.0 Å². The maximum atomic E-state index is 13.0. The van der Waals surface area contributed by atoms with Crippen LogP contribution in [0.15, 0.2) is 91.1 Å². The smallest absolute Gasteiger partial charge is 0.259 e. The minimum atomic E-state index is -0.201. The number of hydrogen-bond donors (Lipinski definition) is 1. The van der Waals surface area contributed by atoms with Crippen LogP contribution in [-0.2, 0) is 6.54 Å². The third kappa shape index (κ3) is 4.35. The molecule has 0 aliphatic heterocycles. The second-order valence-electron chi connectivity index (χ2n) is 6.63. The first-order valence-corrected chi connectivity index (χ1v) is 9.35. The number of aromatic nitrogens is 2. The van der Waals surface area contributed by atoms with Gasteiger partial charge in [-0.3, -0.25) is 9.48 Å². The molecule has 0 spiro atoms. The highest BCUT2D eigenvalue weighted by Gasteiger charge is 2.19. The number of carbonyl (C=O) groups is 1. The second-order valence-corrected chi connectivity index (χ2v) is 6.63. The van der Waals surface area contributed by atoms with Gasteiger partial charge in [0.15, 0.2) is 0 Å². The van der Waals surface area contributed by atoms with Crippen molar-refractivity contribution in [1.29, 1.82) is 0 Å². The molecule has 0 radical (unpaired) electrons. The van der Waals surface area contributed by atoms with Crippen LogP contribution in [0.5, 0.6) is 5.75 Å². The van der Waals surface area contributed by atoms with E-state index in [9.17, 15) is 4.79 Å². The molecule has 5 heteroatoms. The number of carbonyl (C=O) groups excluding carboxylic acids is 1. The number of amides is 1. The standard InChI is InChI=1S/C24H21N3O2/c1-29-21-14-8-11-19(15-21)23-22(24(28)25-20-12-6-3-7-13-20)17-27(26-23)16-18-9-4-2-5-10-18/h2-15,17H,16H2,1H3,(H,25,28). The zero-order valence-corrected chi connectivity index (χ0v) is 16.1. The predicted octanol–water partition coefficient (Wildman–Crippen LogP) is 4.86. The molecular weight excluding hydrogens is 362 g/mol. The van der Waals surface area contributed by atoms with Crippen LogP contribution in [0.25, 0.3) is 11.3 Å². The fourth-order valence-corrected chi connectivity index (χ4v) is 3.14. The molecule has 1 amide bonds. The Hall–Kier alpha value is -3.86. The van der Waals surface area contributed by atoms with Crippen LogP contribution in [0.1, 0.15) is 15.9 Å². The van der Waals surface area contributed by atoms with Crippen LogP contribution >= 0.6 is 0 Å². The molecule has 0 aliphatic rings. The lowest BCUT2D eigenvalue weighted by atomic mass is 10.1. The van der Waals surface area contributed by atoms with E-state index in [1.54, 1.807) is 18.0 Å².